The van der Waals surface area contributed by atoms with E-state index in [1.807, 2.05) is 0 Å². The van der Waals surface area contributed by atoms with Crippen LogP contribution < -0.4 is 9.46 Å². The summed E-state index contributed by atoms with van der Waals surface area (Å²) < 4.78 is 47.7. The van der Waals surface area contributed by atoms with Crippen LogP contribution in [0, 0.1) is 5.82 Å². The molecule has 0 fully saturated rings. The van der Waals surface area contributed by atoms with Crippen molar-refractivity contribution in [2.75, 3.05) is 17.9 Å². The van der Waals surface area contributed by atoms with Gasteiger partial charge < -0.3 is 9.84 Å². The van der Waals surface area contributed by atoms with Crippen LogP contribution in [-0.4, -0.2) is 42.5 Å². The van der Waals surface area contributed by atoms with Gasteiger partial charge in [-0.25, -0.2) is 22.8 Å². The van der Waals surface area contributed by atoms with Crippen LogP contribution in [0.1, 0.15) is 15.9 Å². The summed E-state index contributed by atoms with van der Waals surface area (Å²) in [5.74, 6) is -1.48. The first-order valence-corrected chi connectivity index (χ1v) is 11.3. The number of carbonyl (C=O) groups is 1. The van der Waals surface area contributed by atoms with E-state index in [9.17, 15) is 13.2 Å². The minimum absolute atomic E-state index is 0.0338. The predicted octanol–water partition coefficient (Wildman–Crippen LogP) is 3.17. The molecule has 0 unspecified atom stereocenters. The van der Waals surface area contributed by atoms with Crippen LogP contribution in [0.2, 0.25) is 0 Å². The molecule has 0 atom stereocenters. The Hall–Kier alpha value is -3.89. The molecule has 168 valence electrons. The smallest absolute Gasteiger partial charge is 0.261 e. The Labute approximate surface area is 188 Å². The molecule has 0 aliphatic rings. The molecule has 0 aliphatic heterocycles. The van der Waals surface area contributed by atoms with Gasteiger partial charge in [0.15, 0.2) is 11.6 Å². The standard InChI is InChI=1S/C23H18FN3O5S/c24-22-17(7-4-8-19(22)27-33(30,31)16-5-2-1-3-6-16)23(29)15-9-10-18-20(13-15)26-21(14-25-18)32-12-11-28/h1-10,13-14,27-28H,11-12H2. The number of halogens is 1. The highest BCUT2D eigenvalue weighted by Crippen LogP contribution is 2.25. The number of rotatable bonds is 8. The highest BCUT2D eigenvalue weighted by molar-refractivity contribution is 7.92. The molecule has 0 radical (unpaired) electrons. The maximum atomic E-state index is 15.2. The van der Waals surface area contributed by atoms with Gasteiger partial charge in [-0.1, -0.05) is 24.3 Å². The number of carbonyl (C=O) groups excluding carboxylic acids is 1. The van der Waals surface area contributed by atoms with Crippen molar-refractivity contribution in [1.82, 2.24) is 9.97 Å². The van der Waals surface area contributed by atoms with Crippen molar-refractivity contribution >= 4 is 32.5 Å². The number of nitrogens with one attached hydrogen (secondary N) is 1. The molecule has 0 amide bonds. The molecule has 2 N–H and O–H groups in total. The van der Waals surface area contributed by atoms with Crippen molar-refractivity contribution in [3.63, 3.8) is 0 Å². The molecule has 0 spiro atoms. The van der Waals surface area contributed by atoms with E-state index in [0.29, 0.717) is 11.0 Å². The number of ketones is 1. The molecule has 10 heteroatoms. The van der Waals surface area contributed by atoms with E-state index in [2.05, 4.69) is 14.7 Å². The Morgan fingerprint density at radius 3 is 2.58 bits per heavy atom. The number of aromatic nitrogens is 2. The zero-order valence-corrected chi connectivity index (χ0v) is 17.9. The number of aliphatic hydroxyl groups excluding tert-OH is 1. The second-order valence-corrected chi connectivity index (χ2v) is 8.58. The monoisotopic (exact) mass is 467 g/mol. The van der Waals surface area contributed by atoms with E-state index in [-0.39, 0.29) is 40.8 Å². The van der Waals surface area contributed by atoms with Gasteiger partial charge in [0.1, 0.15) is 6.61 Å². The summed E-state index contributed by atoms with van der Waals surface area (Å²) in [6, 6.07) is 15.9. The Balaban J connectivity index is 1.65. The van der Waals surface area contributed by atoms with E-state index in [4.69, 9.17) is 9.84 Å². The topological polar surface area (TPSA) is 118 Å². The van der Waals surface area contributed by atoms with E-state index in [1.165, 1.54) is 48.7 Å². The lowest BCUT2D eigenvalue weighted by Crippen LogP contribution is -2.15. The lowest BCUT2D eigenvalue weighted by molar-refractivity contribution is 0.103. The Morgan fingerprint density at radius 2 is 1.82 bits per heavy atom. The van der Waals surface area contributed by atoms with Gasteiger partial charge in [-0.2, -0.15) is 0 Å². The summed E-state index contributed by atoms with van der Waals surface area (Å²) in [6.45, 7) is -0.155. The van der Waals surface area contributed by atoms with Gasteiger partial charge in [-0.3, -0.25) is 9.52 Å². The van der Waals surface area contributed by atoms with Gasteiger partial charge >= 0.3 is 0 Å². The number of ether oxygens (including phenoxy) is 1. The van der Waals surface area contributed by atoms with Gasteiger partial charge in [-0.05, 0) is 42.5 Å². The van der Waals surface area contributed by atoms with Crippen molar-refractivity contribution in [2.45, 2.75) is 4.90 Å². The second-order valence-electron chi connectivity index (χ2n) is 6.90. The molecule has 4 aromatic rings. The minimum Gasteiger partial charge on any atom is -0.474 e. The first-order valence-electron chi connectivity index (χ1n) is 9.80. The molecule has 0 bridgehead atoms. The largest absolute Gasteiger partial charge is 0.474 e. The zero-order chi connectivity index (χ0) is 23.4. The number of nitrogens with zero attached hydrogens (tertiary/aromatic N) is 2. The van der Waals surface area contributed by atoms with E-state index < -0.39 is 21.6 Å². The quantitative estimate of drug-likeness (QED) is 0.382. The van der Waals surface area contributed by atoms with E-state index >= 15 is 4.39 Å². The highest BCUT2D eigenvalue weighted by atomic mass is 32.2. The van der Waals surface area contributed by atoms with Crippen LogP contribution in [0.4, 0.5) is 10.1 Å². The van der Waals surface area contributed by atoms with E-state index in [1.54, 1.807) is 24.3 Å². The summed E-state index contributed by atoms with van der Waals surface area (Å²) >= 11 is 0. The molecular weight excluding hydrogens is 449 g/mol. The molecule has 1 heterocycles. The van der Waals surface area contributed by atoms with Crippen LogP contribution in [0.3, 0.4) is 0 Å². The average Bonchev–Trinajstić information content (AvgIpc) is 2.83. The van der Waals surface area contributed by atoms with Crippen molar-refractivity contribution < 1.29 is 27.4 Å². The van der Waals surface area contributed by atoms with Gasteiger partial charge in [0.2, 0.25) is 5.88 Å². The number of benzene rings is 3. The molecule has 3 aromatic carbocycles. The first-order chi connectivity index (χ1) is 15.9. The maximum absolute atomic E-state index is 15.2. The normalized spacial score (nSPS) is 11.3. The van der Waals surface area contributed by atoms with Crippen LogP contribution >= 0.6 is 0 Å². The number of hydrogen-bond donors (Lipinski definition) is 2. The van der Waals surface area contributed by atoms with Crippen molar-refractivity contribution in [3.8, 4) is 5.88 Å². The number of hydrogen-bond acceptors (Lipinski definition) is 7. The highest BCUT2D eigenvalue weighted by Gasteiger charge is 2.21. The summed E-state index contributed by atoms with van der Waals surface area (Å²) in [5.41, 5.74) is 0.330. The van der Waals surface area contributed by atoms with Gasteiger partial charge in [0.05, 0.1) is 40.0 Å². The summed E-state index contributed by atoms with van der Waals surface area (Å²) in [4.78, 5) is 21.4. The van der Waals surface area contributed by atoms with Crippen molar-refractivity contribution in [2.24, 2.45) is 0 Å². The van der Waals surface area contributed by atoms with Gasteiger partial charge in [0, 0.05) is 5.56 Å². The second kappa shape index (κ2) is 9.31. The fourth-order valence-corrected chi connectivity index (χ4v) is 4.18. The first kappa shape index (κ1) is 22.3. The molecule has 0 saturated heterocycles. The van der Waals surface area contributed by atoms with Crippen LogP contribution in [0.15, 0.2) is 77.8 Å². The van der Waals surface area contributed by atoms with Crippen molar-refractivity contribution in [1.29, 1.82) is 0 Å². The molecule has 0 saturated carbocycles. The summed E-state index contributed by atoms with van der Waals surface area (Å²) in [5, 5.41) is 8.87. The fourth-order valence-electron chi connectivity index (χ4n) is 3.10. The van der Waals surface area contributed by atoms with Gasteiger partial charge in [-0.15, -0.1) is 0 Å². The molecular formula is C23H18FN3O5S. The molecule has 33 heavy (non-hydrogen) atoms. The SMILES string of the molecule is O=C(c1ccc2ncc(OCCO)nc2c1)c1cccc(NS(=O)(=O)c2ccccc2)c1F. The predicted molar refractivity (Wildman–Crippen MR) is 119 cm³/mol. The molecule has 8 nitrogen and oxygen atoms in total. The van der Waals surface area contributed by atoms with E-state index in [0.717, 1.165) is 0 Å². The average molecular weight is 467 g/mol. The molecule has 1 aromatic heterocycles. The third-order valence-corrected chi connectivity index (χ3v) is 6.05. The Morgan fingerprint density at radius 1 is 1.03 bits per heavy atom. The number of anilines is 1. The maximum Gasteiger partial charge on any atom is 0.261 e. The summed E-state index contributed by atoms with van der Waals surface area (Å²) in [6.07, 6.45) is 1.39. The fraction of sp³-hybridized carbons (Fsp3) is 0.0870. The van der Waals surface area contributed by atoms with Crippen LogP contribution in [0.25, 0.3) is 11.0 Å². The number of sulfonamides is 1. The lowest BCUT2D eigenvalue weighted by Gasteiger charge is -2.11. The number of aliphatic hydroxyl groups is 1. The summed E-state index contributed by atoms with van der Waals surface area (Å²) in [7, 11) is -4.04. The Kier molecular flexibility index (Phi) is 6.29. The zero-order valence-electron chi connectivity index (χ0n) is 17.1. The third kappa shape index (κ3) is 4.81. The third-order valence-electron chi connectivity index (χ3n) is 4.66. The Bertz CT molecular complexity index is 1430. The van der Waals surface area contributed by atoms with Crippen LogP contribution in [-0.2, 0) is 10.0 Å². The number of fused-ring (bicyclic) bond motifs is 1. The van der Waals surface area contributed by atoms with Gasteiger partial charge in [0.25, 0.3) is 10.0 Å². The van der Waals surface area contributed by atoms with Crippen LogP contribution in [0.5, 0.6) is 5.88 Å². The molecule has 4 rings (SSSR count). The lowest BCUT2D eigenvalue weighted by atomic mass is 10.0. The van der Waals surface area contributed by atoms with Crippen molar-refractivity contribution in [3.05, 3.63) is 89.9 Å². The minimum atomic E-state index is -4.04. The molecule has 0 aliphatic carbocycles.